The van der Waals surface area contributed by atoms with Crippen LogP contribution >= 0.6 is 11.3 Å². The molecule has 0 radical (unpaired) electrons. The number of esters is 1. The molecular weight excluding hydrogens is 380 g/mol. The summed E-state index contributed by atoms with van der Waals surface area (Å²) in [7, 11) is 0. The van der Waals surface area contributed by atoms with Crippen molar-refractivity contribution in [2.75, 3.05) is 11.9 Å². The summed E-state index contributed by atoms with van der Waals surface area (Å²) >= 11 is 1.35. The number of carbonyl (C=O) groups is 3. The van der Waals surface area contributed by atoms with Crippen molar-refractivity contribution in [2.24, 2.45) is 5.73 Å². The lowest BCUT2D eigenvalue weighted by Gasteiger charge is -2.14. The zero-order valence-electron chi connectivity index (χ0n) is 15.7. The highest BCUT2D eigenvalue weighted by molar-refractivity contribution is 7.17. The van der Waals surface area contributed by atoms with Crippen molar-refractivity contribution in [3.05, 3.63) is 45.8 Å². The zero-order chi connectivity index (χ0) is 20.3. The Bertz CT molecular complexity index is 921. The highest BCUT2D eigenvalue weighted by atomic mass is 32.1. The zero-order valence-corrected chi connectivity index (χ0v) is 16.6. The summed E-state index contributed by atoms with van der Waals surface area (Å²) in [5, 5.41) is 3.05. The van der Waals surface area contributed by atoms with E-state index in [4.69, 9.17) is 15.2 Å². The van der Waals surface area contributed by atoms with E-state index >= 15 is 0 Å². The van der Waals surface area contributed by atoms with E-state index in [0.29, 0.717) is 16.3 Å². The summed E-state index contributed by atoms with van der Waals surface area (Å²) in [5.74, 6) is -1.20. The Morgan fingerprint density at radius 1 is 1.29 bits per heavy atom. The summed E-state index contributed by atoms with van der Waals surface area (Å²) in [6.45, 7) is 3.00. The lowest BCUT2D eigenvalue weighted by Crippen LogP contribution is -2.30. The molecule has 0 unspecified atom stereocenters. The third kappa shape index (κ3) is 4.51. The second-order valence-corrected chi connectivity index (χ2v) is 7.76. The minimum absolute atomic E-state index is 0.369. The number of anilines is 1. The van der Waals surface area contributed by atoms with Gasteiger partial charge in [0.2, 0.25) is 0 Å². The average molecular weight is 402 g/mol. The van der Waals surface area contributed by atoms with E-state index < -0.39 is 30.5 Å². The predicted octanol–water partition coefficient (Wildman–Crippen LogP) is 2.59. The molecular formula is C20H22N2O5S. The average Bonchev–Trinajstić information content (AvgIpc) is 3.19. The monoisotopic (exact) mass is 402 g/mol. The third-order valence-electron chi connectivity index (χ3n) is 4.40. The molecule has 7 nitrogen and oxygen atoms in total. The van der Waals surface area contributed by atoms with E-state index in [2.05, 4.69) is 5.32 Å². The molecule has 28 heavy (non-hydrogen) atoms. The van der Waals surface area contributed by atoms with Gasteiger partial charge < -0.3 is 20.5 Å². The molecule has 0 saturated carbocycles. The van der Waals surface area contributed by atoms with Crippen LogP contribution in [0.15, 0.2) is 24.3 Å². The van der Waals surface area contributed by atoms with Crippen LogP contribution in [-0.4, -0.2) is 30.5 Å². The summed E-state index contributed by atoms with van der Waals surface area (Å²) in [5.41, 5.74) is 7.76. The Morgan fingerprint density at radius 2 is 2.07 bits per heavy atom. The molecule has 1 aromatic carbocycles. The number of rotatable bonds is 7. The number of ether oxygens (including phenoxy) is 2. The predicted molar refractivity (Wildman–Crippen MR) is 106 cm³/mol. The Balaban J connectivity index is 1.54. The molecule has 2 aromatic rings. The molecule has 8 heteroatoms. The number of hydrogen-bond donors (Lipinski definition) is 2. The van der Waals surface area contributed by atoms with Crippen LogP contribution in [0.1, 0.15) is 39.7 Å². The SMILES string of the molecule is Cc1cccc(O[C@H](C)C(=O)OCC(=O)Nc2sc3c(c2C(N)=O)CCC3)c1. The van der Waals surface area contributed by atoms with Crippen molar-refractivity contribution in [1.29, 1.82) is 0 Å². The molecule has 0 saturated heterocycles. The fraction of sp³-hybridized carbons (Fsp3) is 0.350. The molecule has 3 rings (SSSR count). The molecule has 3 N–H and O–H groups in total. The number of hydrogen-bond acceptors (Lipinski definition) is 6. The number of carbonyl (C=O) groups excluding carboxylic acids is 3. The first-order valence-corrected chi connectivity index (χ1v) is 9.81. The van der Waals surface area contributed by atoms with Crippen LogP contribution in [0.2, 0.25) is 0 Å². The molecule has 0 bridgehead atoms. The number of benzene rings is 1. The highest BCUT2D eigenvalue weighted by Gasteiger charge is 2.26. The van der Waals surface area contributed by atoms with Crippen molar-refractivity contribution in [3.63, 3.8) is 0 Å². The van der Waals surface area contributed by atoms with E-state index in [0.717, 1.165) is 35.3 Å². The van der Waals surface area contributed by atoms with Crippen LogP contribution in [0.3, 0.4) is 0 Å². The topological polar surface area (TPSA) is 108 Å². The first kappa shape index (κ1) is 19.9. The van der Waals surface area contributed by atoms with Crippen LogP contribution in [-0.2, 0) is 27.2 Å². The van der Waals surface area contributed by atoms with Gasteiger partial charge in [-0.3, -0.25) is 9.59 Å². The molecule has 0 spiro atoms. The number of aryl methyl sites for hydroxylation is 2. The fourth-order valence-electron chi connectivity index (χ4n) is 3.11. The maximum absolute atomic E-state index is 12.2. The summed E-state index contributed by atoms with van der Waals surface area (Å²) in [6, 6.07) is 7.29. The largest absolute Gasteiger partial charge is 0.479 e. The van der Waals surface area contributed by atoms with Gasteiger partial charge in [0, 0.05) is 4.88 Å². The van der Waals surface area contributed by atoms with Crippen molar-refractivity contribution < 1.29 is 23.9 Å². The van der Waals surface area contributed by atoms with Gasteiger partial charge >= 0.3 is 5.97 Å². The molecule has 1 aromatic heterocycles. The van der Waals surface area contributed by atoms with Crippen LogP contribution in [0.25, 0.3) is 0 Å². The minimum Gasteiger partial charge on any atom is -0.479 e. The van der Waals surface area contributed by atoms with E-state index in [1.807, 2.05) is 19.1 Å². The lowest BCUT2D eigenvalue weighted by molar-refractivity contribution is -0.153. The van der Waals surface area contributed by atoms with Crippen LogP contribution < -0.4 is 15.8 Å². The van der Waals surface area contributed by atoms with E-state index in [9.17, 15) is 14.4 Å². The van der Waals surface area contributed by atoms with Gasteiger partial charge in [-0.25, -0.2) is 4.79 Å². The smallest absolute Gasteiger partial charge is 0.347 e. The molecule has 1 aliphatic carbocycles. The Morgan fingerprint density at radius 3 is 2.79 bits per heavy atom. The van der Waals surface area contributed by atoms with Gasteiger partial charge in [-0.05, 0) is 56.4 Å². The van der Waals surface area contributed by atoms with Crippen LogP contribution in [0.5, 0.6) is 5.75 Å². The molecule has 1 atom stereocenters. The minimum atomic E-state index is -0.860. The van der Waals surface area contributed by atoms with Gasteiger partial charge in [0.15, 0.2) is 12.7 Å². The number of fused-ring (bicyclic) bond motifs is 1. The van der Waals surface area contributed by atoms with Gasteiger partial charge in [-0.1, -0.05) is 12.1 Å². The molecule has 1 aliphatic rings. The normalized spacial score (nSPS) is 13.5. The fourth-order valence-corrected chi connectivity index (χ4v) is 4.42. The summed E-state index contributed by atoms with van der Waals surface area (Å²) in [6.07, 6.45) is 1.77. The number of thiophene rings is 1. The van der Waals surface area contributed by atoms with E-state index in [1.165, 1.54) is 11.3 Å². The Hall–Kier alpha value is -2.87. The summed E-state index contributed by atoms with van der Waals surface area (Å²) in [4.78, 5) is 37.1. The van der Waals surface area contributed by atoms with Gasteiger partial charge in [0.1, 0.15) is 10.8 Å². The second-order valence-electron chi connectivity index (χ2n) is 6.66. The lowest BCUT2D eigenvalue weighted by atomic mass is 10.1. The number of amides is 2. The third-order valence-corrected chi connectivity index (χ3v) is 5.61. The van der Waals surface area contributed by atoms with Gasteiger partial charge in [0.05, 0.1) is 5.56 Å². The molecule has 2 amide bonds. The van der Waals surface area contributed by atoms with Crippen LogP contribution in [0, 0.1) is 6.92 Å². The van der Waals surface area contributed by atoms with Crippen LogP contribution in [0.4, 0.5) is 5.00 Å². The first-order valence-electron chi connectivity index (χ1n) is 8.99. The Kier molecular flexibility index (Phi) is 5.99. The standard InChI is InChI=1S/C20H22N2O5S/c1-11-5-3-6-13(9-11)27-12(2)20(25)26-10-16(23)22-19-17(18(21)24)14-7-4-8-15(14)28-19/h3,5-6,9,12H,4,7-8,10H2,1-2H3,(H2,21,24)(H,22,23)/t12-/m1/s1. The highest BCUT2D eigenvalue weighted by Crippen LogP contribution is 2.38. The molecule has 148 valence electrons. The van der Waals surface area contributed by atoms with Crippen molar-refractivity contribution in [1.82, 2.24) is 0 Å². The van der Waals surface area contributed by atoms with E-state index in [1.54, 1.807) is 19.1 Å². The van der Waals surface area contributed by atoms with Crippen molar-refractivity contribution >= 4 is 34.1 Å². The number of nitrogens with two attached hydrogens (primary N) is 1. The second kappa shape index (κ2) is 8.43. The van der Waals surface area contributed by atoms with Gasteiger partial charge in [-0.2, -0.15) is 0 Å². The molecule has 1 heterocycles. The Labute approximate surface area is 166 Å². The quantitative estimate of drug-likeness (QED) is 0.692. The first-order chi connectivity index (χ1) is 13.3. The number of nitrogens with one attached hydrogen (secondary N) is 1. The summed E-state index contributed by atoms with van der Waals surface area (Å²) < 4.78 is 10.6. The van der Waals surface area contributed by atoms with Gasteiger partial charge in [-0.15, -0.1) is 11.3 Å². The van der Waals surface area contributed by atoms with Crippen molar-refractivity contribution in [3.8, 4) is 5.75 Å². The van der Waals surface area contributed by atoms with Crippen molar-refractivity contribution in [2.45, 2.75) is 39.2 Å². The van der Waals surface area contributed by atoms with E-state index in [-0.39, 0.29) is 0 Å². The van der Waals surface area contributed by atoms with Gasteiger partial charge in [0.25, 0.3) is 11.8 Å². The molecule has 0 fully saturated rings. The molecule has 0 aliphatic heterocycles. The number of primary amides is 1. The maximum atomic E-state index is 12.2. The maximum Gasteiger partial charge on any atom is 0.347 e.